The Morgan fingerprint density at radius 1 is 1.06 bits per heavy atom. The molecule has 4 rings (SSSR count). The minimum atomic E-state index is -0.429. The summed E-state index contributed by atoms with van der Waals surface area (Å²) in [6.45, 7) is 2.61. The Morgan fingerprint density at radius 3 is 2.58 bits per heavy atom. The van der Waals surface area contributed by atoms with Gasteiger partial charge in [0, 0.05) is 37.6 Å². The Morgan fingerprint density at radius 2 is 1.82 bits per heavy atom. The molecule has 2 unspecified atom stereocenters. The van der Waals surface area contributed by atoms with Crippen molar-refractivity contribution in [3.63, 3.8) is 0 Å². The maximum atomic E-state index is 13.0. The standard InChI is InChI=1S/C26H26N4O3/c1-18(19-8-3-2-4-9-19)30-17-22(14-24(30)31)26(33)29-23-12-6-5-10-20(23)16-28-25(32)21-11-7-13-27-15-21/h2-13,15,18,22H,14,16-17H2,1H3,(H,28,32)(H,29,33). The first-order chi connectivity index (χ1) is 16.0. The van der Waals surface area contributed by atoms with Gasteiger partial charge in [0.1, 0.15) is 0 Å². The van der Waals surface area contributed by atoms with Crippen LogP contribution < -0.4 is 10.6 Å². The van der Waals surface area contributed by atoms with Crippen LogP contribution in [-0.2, 0) is 16.1 Å². The number of aromatic nitrogens is 1. The summed E-state index contributed by atoms with van der Waals surface area (Å²) in [6.07, 6.45) is 3.29. The fraction of sp³-hybridized carbons (Fsp3) is 0.231. The van der Waals surface area contributed by atoms with Gasteiger partial charge in [0.15, 0.2) is 0 Å². The van der Waals surface area contributed by atoms with Gasteiger partial charge in [-0.25, -0.2) is 0 Å². The Labute approximate surface area is 192 Å². The van der Waals surface area contributed by atoms with Gasteiger partial charge in [0.25, 0.3) is 5.91 Å². The number of hydrogen-bond acceptors (Lipinski definition) is 4. The summed E-state index contributed by atoms with van der Waals surface area (Å²) in [5.74, 6) is -0.890. The van der Waals surface area contributed by atoms with Crippen LogP contribution in [0, 0.1) is 5.92 Å². The minimum absolute atomic E-state index is 0.0245. The monoisotopic (exact) mass is 442 g/mol. The third-order valence-corrected chi connectivity index (χ3v) is 5.92. The molecule has 168 valence electrons. The molecule has 2 heterocycles. The average molecular weight is 443 g/mol. The molecule has 1 aromatic heterocycles. The predicted octanol–water partition coefficient (Wildman–Crippen LogP) is 3.56. The number of carbonyl (C=O) groups excluding carboxylic acids is 3. The highest BCUT2D eigenvalue weighted by Crippen LogP contribution is 2.29. The zero-order chi connectivity index (χ0) is 23.2. The molecule has 0 spiro atoms. The number of nitrogens with zero attached hydrogens (tertiary/aromatic N) is 2. The van der Waals surface area contributed by atoms with E-state index in [9.17, 15) is 14.4 Å². The normalized spacial score (nSPS) is 16.3. The van der Waals surface area contributed by atoms with E-state index in [-0.39, 0.29) is 36.7 Å². The third kappa shape index (κ3) is 5.26. The molecule has 3 aromatic rings. The van der Waals surface area contributed by atoms with Gasteiger partial charge >= 0.3 is 0 Å². The van der Waals surface area contributed by atoms with Crippen LogP contribution in [0.15, 0.2) is 79.1 Å². The van der Waals surface area contributed by atoms with Gasteiger partial charge in [-0.3, -0.25) is 19.4 Å². The van der Waals surface area contributed by atoms with Crippen LogP contribution in [0.4, 0.5) is 5.69 Å². The van der Waals surface area contributed by atoms with Crippen LogP contribution >= 0.6 is 0 Å². The average Bonchev–Trinajstić information content (AvgIpc) is 3.25. The molecule has 33 heavy (non-hydrogen) atoms. The summed E-state index contributed by atoms with van der Waals surface area (Å²) in [4.78, 5) is 43.7. The third-order valence-electron chi connectivity index (χ3n) is 5.92. The SMILES string of the molecule is CC(c1ccccc1)N1CC(C(=O)Nc2ccccc2CNC(=O)c2cccnc2)CC1=O. The summed E-state index contributed by atoms with van der Waals surface area (Å²) in [6, 6.07) is 20.4. The van der Waals surface area contributed by atoms with E-state index in [0.717, 1.165) is 11.1 Å². The maximum absolute atomic E-state index is 13.0. The molecule has 2 atom stereocenters. The Hall–Kier alpha value is -4.00. The van der Waals surface area contributed by atoms with Gasteiger partial charge in [-0.05, 0) is 36.2 Å². The predicted molar refractivity (Wildman–Crippen MR) is 125 cm³/mol. The molecule has 2 aromatic carbocycles. The van der Waals surface area contributed by atoms with Crippen LogP contribution in [0.1, 0.15) is 40.9 Å². The van der Waals surface area contributed by atoms with Crippen molar-refractivity contribution in [1.29, 1.82) is 0 Å². The Kier molecular flexibility index (Phi) is 6.78. The molecule has 1 aliphatic heterocycles. The fourth-order valence-corrected chi connectivity index (χ4v) is 4.00. The van der Waals surface area contributed by atoms with Gasteiger partial charge in [0.05, 0.1) is 17.5 Å². The number of likely N-dealkylation sites (tertiary alicyclic amines) is 1. The minimum Gasteiger partial charge on any atom is -0.348 e. The molecule has 3 amide bonds. The number of benzene rings is 2. The molecular formula is C26H26N4O3. The van der Waals surface area contributed by atoms with Gasteiger partial charge < -0.3 is 15.5 Å². The van der Waals surface area contributed by atoms with Crippen molar-refractivity contribution >= 4 is 23.4 Å². The molecule has 7 heteroatoms. The quantitative estimate of drug-likeness (QED) is 0.585. The highest BCUT2D eigenvalue weighted by molar-refractivity contribution is 5.98. The van der Waals surface area contributed by atoms with E-state index in [2.05, 4.69) is 15.6 Å². The van der Waals surface area contributed by atoms with Crippen molar-refractivity contribution < 1.29 is 14.4 Å². The van der Waals surface area contributed by atoms with Gasteiger partial charge in [-0.1, -0.05) is 48.5 Å². The largest absolute Gasteiger partial charge is 0.348 e. The van der Waals surface area contributed by atoms with Crippen molar-refractivity contribution in [2.75, 3.05) is 11.9 Å². The van der Waals surface area contributed by atoms with E-state index in [4.69, 9.17) is 0 Å². The Bertz CT molecular complexity index is 1130. The summed E-state index contributed by atoms with van der Waals surface area (Å²) in [5, 5.41) is 5.81. The number of para-hydroxylation sites is 1. The zero-order valence-corrected chi connectivity index (χ0v) is 18.4. The molecule has 2 N–H and O–H groups in total. The summed E-state index contributed by atoms with van der Waals surface area (Å²) >= 11 is 0. The van der Waals surface area contributed by atoms with E-state index in [0.29, 0.717) is 17.8 Å². The van der Waals surface area contributed by atoms with Crippen molar-refractivity contribution in [2.24, 2.45) is 5.92 Å². The fourth-order valence-electron chi connectivity index (χ4n) is 4.00. The second kappa shape index (κ2) is 10.1. The second-order valence-corrected chi connectivity index (χ2v) is 8.10. The van der Waals surface area contributed by atoms with E-state index in [1.165, 1.54) is 6.20 Å². The van der Waals surface area contributed by atoms with Crippen molar-refractivity contribution in [1.82, 2.24) is 15.2 Å². The molecule has 0 saturated carbocycles. The molecule has 7 nitrogen and oxygen atoms in total. The molecule has 1 fully saturated rings. The van der Waals surface area contributed by atoms with Gasteiger partial charge in [-0.15, -0.1) is 0 Å². The van der Waals surface area contributed by atoms with E-state index in [1.807, 2.05) is 55.5 Å². The number of nitrogens with one attached hydrogen (secondary N) is 2. The molecule has 0 radical (unpaired) electrons. The van der Waals surface area contributed by atoms with Crippen molar-refractivity contribution in [3.05, 3.63) is 95.8 Å². The second-order valence-electron chi connectivity index (χ2n) is 8.10. The van der Waals surface area contributed by atoms with Crippen molar-refractivity contribution in [2.45, 2.75) is 25.9 Å². The van der Waals surface area contributed by atoms with E-state index >= 15 is 0 Å². The number of anilines is 1. The molecule has 1 saturated heterocycles. The smallest absolute Gasteiger partial charge is 0.253 e. The van der Waals surface area contributed by atoms with Crippen LogP contribution in [0.25, 0.3) is 0 Å². The number of rotatable bonds is 7. The highest BCUT2D eigenvalue weighted by Gasteiger charge is 2.37. The van der Waals surface area contributed by atoms with E-state index < -0.39 is 5.92 Å². The molecular weight excluding hydrogens is 416 g/mol. The van der Waals surface area contributed by atoms with Crippen LogP contribution in [0.5, 0.6) is 0 Å². The molecule has 0 bridgehead atoms. The highest BCUT2D eigenvalue weighted by atomic mass is 16.2. The number of carbonyl (C=O) groups is 3. The van der Waals surface area contributed by atoms with Gasteiger partial charge in [-0.2, -0.15) is 0 Å². The lowest BCUT2D eigenvalue weighted by atomic mass is 10.1. The lowest BCUT2D eigenvalue weighted by molar-refractivity contribution is -0.129. The summed E-state index contributed by atoms with van der Waals surface area (Å²) in [7, 11) is 0. The number of pyridine rings is 1. The summed E-state index contributed by atoms with van der Waals surface area (Å²) < 4.78 is 0. The van der Waals surface area contributed by atoms with E-state index in [1.54, 1.807) is 29.3 Å². The molecule has 1 aliphatic rings. The lowest BCUT2D eigenvalue weighted by Gasteiger charge is -2.25. The number of hydrogen-bond donors (Lipinski definition) is 2. The van der Waals surface area contributed by atoms with Gasteiger partial charge in [0.2, 0.25) is 11.8 Å². The first-order valence-electron chi connectivity index (χ1n) is 10.9. The first-order valence-corrected chi connectivity index (χ1v) is 10.9. The maximum Gasteiger partial charge on any atom is 0.253 e. The molecule has 0 aliphatic carbocycles. The lowest BCUT2D eigenvalue weighted by Crippen LogP contribution is -2.31. The Balaban J connectivity index is 1.39. The van der Waals surface area contributed by atoms with Crippen LogP contribution in [-0.4, -0.2) is 34.2 Å². The zero-order valence-electron chi connectivity index (χ0n) is 18.4. The van der Waals surface area contributed by atoms with Crippen molar-refractivity contribution in [3.8, 4) is 0 Å². The van der Waals surface area contributed by atoms with Crippen LogP contribution in [0.3, 0.4) is 0 Å². The number of amides is 3. The summed E-state index contributed by atoms with van der Waals surface area (Å²) in [5.41, 5.74) is 2.91. The topological polar surface area (TPSA) is 91.4 Å². The van der Waals surface area contributed by atoms with Crippen LogP contribution in [0.2, 0.25) is 0 Å². The first kappa shape index (κ1) is 22.2.